The van der Waals surface area contributed by atoms with Crippen LogP contribution in [0.1, 0.15) is 19.4 Å². The number of halogens is 2. The van der Waals surface area contributed by atoms with Crippen LogP contribution in [0.15, 0.2) is 18.2 Å². The summed E-state index contributed by atoms with van der Waals surface area (Å²) in [5.74, 6) is -1.43. The lowest BCUT2D eigenvalue weighted by Crippen LogP contribution is -2.44. The highest BCUT2D eigenvalue weighted by Gasteiger charge is 2.16. The molecule has 0 fully saturated rings. The van der Waals surface area contributed by atoms with Gasteiger partial charge in [0.05, 0.1) is 6.04 Å². The van der Waals surface area contributed by atoms with E-state index in [-0.39, 0.29) is 11.8 Å². The molecule has 3 N–H and O–H groups in total. The standard InChI is InChI=1S/C13H18F2N2O/c1-8(2)12(16)13(18)17-4-3-9-5-10(14)7-11(15)6-9/h5-8,12H,3-4,16H2,1-2H3,(H,17,18)/t12-/m1/s1. The Morgan fingerprint density at radius 1 is 1.28 bits per heavy atom. The average Bonchev–Trinajstić information content (AvgIpc) is 2.26. The number of nitrogens with one attached hydrogen (secondary N) is 1. The average molecular weight is 256 g/mol. The molecule has 0 radical (unpaired) electrons. The number of nitrogens with two attached hydrogens (primary N) is 1. The minimum Gasteiger partial charge on any atom is -0.354 e. The molecular weight excluding hydrogens is 238 g/mol. The van der Waals surface area contributed by atoms with E-state index in [1.807, 2.05) is 13.8 Å². The van der Waals surface area contributed by atoms with Gasteiger partial charge in [-0.2, -0.15) is 0 Å². The maximum atomic E-state index is 12.9. The Balaban J connectivity index is 2.44. The Morgan fingerprint density at radius 2 is 1.83 bits per heavy atom. The number of rotatable bonds is 5. The van der Waals surface area contributed by atoms with E-state index >= 15 is 0 Å². The van der Waals surface area contributed by atoms with Crippen molar-refractivity contribution in [3.8, 4) is 0 Å². The molecule has 1 rings (SSSR count). The van der Waals surface area contributed by atoms with E-state index in [1.165, 1.54) is 12.1 Å². The van der Waals surface area contributed by atoms with E-state index in [9.17, 15) is 13.6 Å². The third kappa shape index (κ3) is 4.41. The molecule has 1 aromatic carbocycles. The van der Waals surface area contributed by atoms with Gasteiger partial charge >= 0.3 is 0 Å². The molecule has 5 heteroatoms. The lowest BCUT2D eigenvalue weighted by Gasteiger charge is -2.15. The monoisotopic (exact) mass is 256 g/mol. The highest BCUT2D eigenvalue weighted by molar-refractivity contribution is 5.81. The number of hydrogen-bond acceptors (Lipinski definition) is 2. The first-order chi connectivity index (χ1) is 8.40. The zero-order valence-corrected chi connectivity index (χ0v) is 10.5. The summed E-state index contributed by atoms with van der Waals surface area (Å²) in [6.07, 6.45) is 0.366. The fraction of sp³-hybridized carbons (Fsp3) is 0.462. The van der Waals surface area contributed by atoms with Gasteiger partial charge in [0.2, 0.25) is 5.91 Å². The first kappa shape index (κ1) is 14.6. The minimum absolute atomic E-state index is 0.0524. The molecule has 18 heavy (non-hydrogen) atoms. The van der Waals surface area contributed by atoms with Gasteiger partial charge in [-0.3, -0.25) is 4.79 Å². The van der Waals surface area contributed by atoms with Gasteiger partial charge in [0, 0.05) is 12.6 Å². The largest absolute Gasteiger partial charge is 0.354 e. The van der Waals surface area contributed by atoms with Crippen LogP contribution in [0.25, 0.3) is 0 Å². The summed E-state index contributed by atoms with van der Waals surface area (Å²) in [4.78, 5) is 11.5. The van der Waals surface area contributed by atoms with Gasteiger partial charge in [0.1, 0.15) is 11.6 Å². The second kappa shape index (κ2) is 6.44. The van der Waals surface area contributed by atoms with Crippen LogP contribution in [0, 0.1) is 17.6 Å². The van der Waals surface area contributed by atoms with Crippen LogP contribution in [-0.2, 0) is 11.2 Å². The van der Waals surface area contributed by atoms with Gasteiger partial charge in [-0.1, -0.05) is 13.8 Å². The number of carbonyl (C=O) groups is 1. The van der Waals surface area contributed by atoms with Gasteiger partial charge in [0.15, 0.2) is 0 Å². The highest BCUT2D eigenvalue weighted by atomic mass is 19.1. The smallest absolute Gasteiger partial charge is 0.237 e. The van der Waals surface area contributed by atoms with Crippen LogP contribution in [0.5, 0.6) is 0 Å². The third-order valence-corrected chi connectivity index (χ3v) is 2.66. The maximum absolute atomic E-state index is 12.9. The summed E-state index contributed by atoms with van der Waals surface area (Å²) in [5, 5.41) is 2.64. The van der Waals surface area contributed by atoms with E-state index in [0.717, 1.165) is 6.07 Å². The van der Waals surface area contributed by atoms with E-state index < -0.39 is 17.7 Å². The summed E-state index contributed by atoms with van der Waals surface area (Å²) < 4.78 is 25.8. The molecule has 0 saturated heterocycles. The van der Waals surface area contributed by atoms with Crippen molar-refractivity contribution < 1.29 is 13.6 Å². The van der Waals surface area contributed by atoms with Crippen LogP contribution in [0.4, 0.5) is 8.78 Å². The Bertz CT molecular complexity index is 401. The molecular formula is C13H18F2N2O. The third-order valence-electron chi connectivity index (χ3n) is 2.66. The van der Waals surface area contributed by atoms with Crippen molar-refractivity contribution >= 4 is 5.91 Å². The number of benzene rings is 1. The predicted octanol–water partition coefficient (Wildman–Crippen LogP) is 1.61. The van der Waals surface area contributed by atoms with E-state index in [2.05, 4.69) is 5.32 Å². The van der Waals surface area contributed by atoms with E-state index in [4.69, 9.17) is 5.73 Å². The van der Waals surface area contributed by atoms with Crippen molar-refractivity contribution in [2.45, 2.75) is 26.3 Å². The zero-order valence-electron chi connectivity index (χ0n) is 10.5. The molecule has 1 aromatic rings. The summed E-state index contributed by atoms with van der Waals surface area (Å²) in [7, 11) is 0. The van der Waals surface area contributed by atoms with Gasteiger partial charge in [-0.05, 0) is 30.0 Å². The Morgan fingerprint density at radius 3 is 2.33 bits per heavy atom. The molecule has 0 heterocycles. The molecule has 0 aliphatic rings. The molecule has 0 unspecified atom stereocenters. The highest BCUT2D eigenvalue weighted by Crippen LogP contribution is 2.08. The second-order valence-corrected chi connectivity index (χ2v) is 4.59. The Kier molecular flexibility index (Phi) is 5.22. The van der Waals surface area contributed by atoms with Crippen molar-refractivity contribution in [3.05, 3.63) is 35.4 Å². The molecule has 100 valence electrons. The molecule has 0 spiro atoms. The summed E-state index contributed by atoms with van der Waals surface area (Å²) in [5.41, 5.74) is 6.16. The first-order valence-corrected chi connectivity index (χ1v) is 5.88. The summed E-state index contributed by atoms with van der Waals surface area (Å²) in [6, 6.07) is 2.75. The van der Waals surface area contributed by atoms with Crippen molar-refractivity contribution in [1.29, 1.82) is 0 Å². The van der Waals surface area contributed by atoms with Gasteiger partial charge < -0.3 is 11.1 Å². The second-order valence-electron chi connectivity index (χ2n) is 4.59. The Hall–Kier alpha value is -1.49. The summed E-state index contributed by atoms with van der Waals surface area (Å²) in [6.45, 7) is 4.01. The molecule has 0 bridgehead atoms. The predicted molar refractivity (Wildman–Crippen MR) is 65.9 cm³/mol. The van der Waals surface area contributed by atoms with Crippen molar-refractivity contribution in [2.24, 2.45) is 11.7 Å². The van der Waals surface area contributed by atoms with Crippen molar-refractivity contribution in [1.82, 2.24) is 5.32 Å². The van der Waals surface area contributed by atoms with Crippen LogP contribution in [0.2, 0.25) is 0 Å². The SMILES string of the molecule is CC(C)[C@@H](N)C(=O)NCCc1cc(F)cc(F)c1. The zero-order chi connectivity index (χ0) is 13.7. The van der Waals surface area contributed by atoms with Gasteiger partial charge in [-0.15, -0.1) is 0 Å². The lowest BCUT2D eigenvalue weighted by molar-refractivity contribution is -0.123. The van der Waals surface area contributed by atoms with Crippen LogP contribution in [-0.4, -0.2) is 18.5 Å². The first-order valence-electron chi connectivity index (χ1n) is 5.88. The van der Waals surface area contributed by atoms with Crippen LogP contribution >= 0.6 is 0 Å². The Labute approximate surface area is 105 Å². The fourth-order valence-electron chi connectivity index (χ4n) is 1.51. The van der Waals surface area contributed by atoms with Crippen molar-refractivity contribution in [2.75, 3.05) is 6.54 Å². The van der Waals surface area contributed by atoms with E-state index in [1.54, 1.807) is 0 Å². The topological polar surface area (TPSA) is 55.1 Å². The lowest BCUT2D eigenvalue weighted by atomic mass is 10.0. The maximum Gasteiger partial charge on any atom is 0.237 e. The van der Waals surface area contributed by atoms with Gasteiger partial charge in [-0.25, -0.2) is 8.78 Å². The van der Waals surface area contributed by atoms with Crippen LogP contribution in [0.3, 0.4) is 0 Å². The quantitative estimate of drug-likeness (QED) is 0.841. The number of amides is 1. The van der Waals surface area contributed by atoms with Gasteiger partial charge in [0.25, 0.3) is 0 Å². The number of hydrogen-bond donors (Lipinski definition) is 2. The molecule has 3 nitrogen and oxygen atoms in total. The van der Waals surface area contributed by atoms with Crippen molar-refractivity contribution in [3.63, 3.8) is 0 Å². The fourth-order valence-corrected chi connectivity index (χ4v) is 1.51. The minimum atomic E-state index is -0.616. The van der Waals surface area contributed by atoms with E-state index in [0.29, 0.717) is 18.5 Å². The summed E-state index contributed by atoms with van der Waals surface area (Å²) >= 11 is 0. The normalized spacial score (nSPS) is 12.6. The molecule has 0 aliphatic heterocycles. The number of carbonyl (C=O) groups excluding carboxylic acids is 1. The molecule has 0 aromatic heterocycles. The van der Waals surface area contributed by atoms with Crippen LogP contribution < -0.4 is 11.1 Å². The molecule has 1 atom stereocenters. The molecule has 0 saturated carbocycles. The molecule has 0 aliphatic carbocycles. The molecule has 1 amide bonds.